The van der Waals surface area contributed by atoms with Crippen LogP contribution in [0, 0.1) is 0 Å². The molecule has 1 aliphatic heterocycles. The predicted molar refractivity (Wildman–Crippen MR) is 86.6 cm³/mol. The van der Waals surface area contributed by atoms with Crippen molar-refractivity contribution in [3.8, 4) is 0 Å². The highest BCUT2D eigenvalue weighted by molar-refractivity contribution is 5.94. The van der Waals surface area contributed by atoms with E-state index in [0.717, 1.165) is 49.6 Å². The molecule has 0 spiro atoms. The number of piperazine rings is 1. The molecule has 1 amide bonds. The average Bonchev–Trinajstić information content (AvgIpc) is 3.20. The number of nitrogens with zero attached hydrogens (tertiary/aromatic N) is 5. The number of amides is 1. The molecule has 2 aliphatic rings. The molecule has 1 N–H and O–H groups in total. The van der Waals surface area contributed by atoms with Crippen LogP contribution < -0.4 is 4.90 Å². The third-order valence-electron chi connectivity index (χ3n) is 4.90. The van der Waals surface area contributed by atoms with Gasteiger partial charge in [-0.2, -0.15) is 5.10 Å². The first-order chi connectivity index (χ1) is 11.2. The van der Waals surface area contributed by atoms with Crippen LogP contribution >= 0.6 is 0 Å². The van der Waals surface area contributed by atoms with E-state index in [1.807, 2.05) is 28.9 Å². The van der Waals surface area contributed by atoms with Crippen molar-refractivity contribution < 1.29 is 4.79 Å². The normalized spacial score (nSPS) is 18.1. The first-order valence-corrected chi connectivity index (χ1v) is 8.31. The average molecular weight is 314 g/mol. The zero-order chi connectivity index (χ0) is 15.8. The summed E-state index contributed by atoms with van der Waals surface area (Å²) in [5.41, 5.74) is 2.95. The number of aryl methyl sites for hydroxylation is 2. The molecule has 0 bridgehead atoms. The molecule has 3 heterocycles. The topological polar surface area (TPSA) is 70.1 Å². The van der Waals surface area contributed by atoms with Crippen molar-refractivity contribution in [2.75, 3.05) is 31.1 Å². The first kappa shape index (κ1) is 14.3. The molecule has 122 valence electrons. The van der Waals surface area contributed by atoms with Crippen molar-refractivity contribution in [3.63, 3.8) is 0 Å². The van der Waals surface area contributed by atoms with Gasteiger partial charge >= 0.3 is 0 Å². The summed E-state index contributed by atoms with van der Waals surface area (Å²) in [5, 5.41) is 7.37. The quantitative estimate of drug-likeness (QED) is 0.897. The van der Waals surface area contributed by atoms with Crippen LogP contribution in [-0.2, 0) is 19.9 Å². The summed E-state index contributed by atoms with van der Waals surface area (Å²) in [6.07, 6.45) is 8.08. The number of aromatic nitrogens is 4. The van der Waals surface area contributed by atoms with Gasteiger partial charge in [-0.3, -0.25) is 9.89 Å². The van der Waals surface area contributed by atoms with Gasteiger partial charge in [-0.25, -0.2) is 4.98 Å². The Kier molecular flexibility index (Phi) is 3.55. The number of aromatic amines is 1. The van der Waals surface area contributed by atoms with E-state index in [2.05, 4.69) is 20.1 Å². The standard InChI is InChI=1S/C16H22N6O/c1-20-7-6-17-16(20)22-10-8-21(9-11-22)15(23)14-12-4-2-3-5-13(12)18-19-14/h6-7H,2-5,8-11H2,1H3,(H,18,19). The molecule has 0 saturated carbocycles. The Morgan fingerprint density at radius 2 is 1.96 bits per heavy atom. The van der Waals surface area contributed by atoms with Crippen molar-refractivity contribution in [2.24, 2.45) is 7.05 Å². The minimum Gasteiger partial charge on any atom is -0.339 e. The third kappa shape index (κ3) is 2.50. The van der Waals surface area contributed by atoms with Gasteiger partial charge in [-0.1, -0.05) is 0 Å². The van der Waals surface area contributed by atoms with Crippen LogP contribution in [-0.4, -0.2) is 56.7 Å². The zero-order valence-electron chi connectivity index (χ0n) is 13.5. The van der Waals surface area contributed by atoms with Crippen LogP contribution in [0.2, 0.25) is 0 Å². The Labute approximate surface area is 135 Å². The summed E-state index contributed by atoms with van der Waals surface area (Å²) in [4.78, 5) is 21.3. The fourth-order valence-corrected chi connectivity index (χ4v) is 3.58. The summed E-state index contributed by atoms with van der Waals surface area (Å²) < 4.78 is 2.02. The number of rotatable bonds is 2. The lowest BCUT2D eigenvalue weighted by atomic mass is 9.95. The SMILES string of the molecule is Cn1ccnc1N1CCN(C(=O)c2n[nH]c3c2CCCC3)CC1. The van der Waals surface area contributed by atoms with Gasteiger partial charge in [0.25, 0.3) is 5.91 Å². The largest absolute Gasteiger partial charge is 0.339 e. The molecule has 0 aromatic carbocycles. The Balaban J connectivity index is 1.45. The van der Waals surface area contributed by atoms with E-state index >= 15 is 0 Å². The van der Waals surface area contributed by atoms with E-state index in [-0.39, 0.29) is 5.91 Å². The highest BCUT2D eigenvalue weighted by Gasteiger charge is 2.28. The molecule has 2 aromatic rings. The first-order valence-electron chi connectivity index (χ1n) is 8.31. The van der Waals surface area contributed by atoms with Crippen LogP contribution in [0.3, 0.4) is 0 Å². The number of hydrogen-bond acceptors (Lipinski definition) is 4. The third-order valence-corrected chi connectivity index (χ3v) is 4.90. The molecule has 1 fully saturated rings. The molecule has 0 unspecified atom stereocenters. The molecule has 1 aliphatic carbocycles. The van der Waals surface area contributed by atoms with Crippen LogP contribution in [0.25, 0.3) is 0 Å². The van der Waals surface area contributed by atoms with Crippen molar-refractivity contribution >= 4 is 11.9 Å². The maximum Gasteiger partial charge on any atom is 0.274 e. The lowest BCUT2D eigenvalue weighted by molar-refractivity contribution is 0.0739. The number of anilines is 1. The highest BCUT2D eigenvalue weighted by Crippen LogP contribution is 2.23. The van der Waals surface area contributed by atoms with Crippen molar-refractivity contribution in [2.45, 2.75) is 25.7 Å². The summed E-state index contributed by atoms with van der Waals surface area (Å²) in [6, 6.07) is 0. The Bertz CT molecular complexity index is 710. The Hall–Kier alpha value is -2.31. The summed E-state index contributed by atoms with van der Waals surface area (Å²) in [7, 11) is 2.00. The van der Waals surface area contributed by atoms with Crippen LogP contribution in [0.4, 0.5) is 5.95 Å². The number of nitrogens with one attached hydrogen (secondary N) is 1. The van der Waals surface area contributed by atoms with Crippen molar-refractivity contribution in [3.05, 3.63) is 29.3 Å². The smallest absolute Gasteiger partial charge is 0.274 e. The molecule has 2 aromatic heterocycles. The molecular weight excluding hydrogens is 292 g/mol. The molecule has 7 nitrogen and oxygen atoms in total. The molecule has 7 heteroatoms. The molecular formula is C16H22N6O. The summed E-state index contributed by atoms with van der Waals surface area (Å²) in [5.74, 6) is 1.04. The van der Waals surface area contributed by atoms with Gasteiger partial charge in [0.15, 0.2) is 5.69 Å². The van der Waals surface area contributed by atoms with Gasteiger partial charge < -0.3 is 14.4 Å². The zero-order valence-corrected chi connectivity index (χ0v) is 13.5. The maximum absolute atomic E-state index is 12.8. The fourth-order valence-electron chi connectivity index (χ4n) is 3.58. The number of fused-ring (bicyclic) bond motifs is 1. The lowest BCUT2D eigenvalue weighted by Gasteiger charge is -2.35. The van der Waals surface area contributed by atoms with E-state index in [4.69, 9.17) is 0 Å². The second kappa shape index (κ2) is 5.72. The second-order valence-corrected chi connectivity index (χ2v) is 6.35. The van der Waals surface area contributed by atoms with Gasteiger partial charge in [0.1, 0.15) is 0 Å². The Morgan fingerprint density at radius 3 is 2.70 bits per heavy atom. The van der Waals surface area contributed by atoms with E-state index in [9.17, 15) is 4.79 Å². The van der Waals surface area contributed by atoms with Gasteiger partial charge in [0.05, 0.1) is 0 Å². The Morgan fingerprint density at radius 1 is 1.17 bits per heavy atom. The van der Waals surface area contributed by atoms with E-state index in [1.54, 1.807) is 0 Å². The lowest BCUT2D eigenvalue weighted by Crippen LogP contribution is -2.49. The minimum absolute atomic E-state index is 0.0730. The van der Waals surface area contributed by atoms with Crippen LogP contribution in [0.5, 0.6) is 0 Å². The molecule has 1 saturated heterocycles. The van der Waals surface area contributed by atoms with E-state index in [0.29, 0.717) is 18.8 Å². The van der Waals surface area contributed by atoms with Gasteiger partial charge in [-0.15, -0.1) is 0 Å². The van der Waals surface area contributed by atoms with E-state index in [1.165, 1.54) is 6.42 Å². The number of H-pyrrole nitrogens is 1. The molecule has 23 heavy (non-hydrogen) atoms. The predicted octanol–water partition coefficient (Wildman–Crippen LogP) is 0.984. The highest BCUT2D eigenvalue weighted by atomic mass is 16.2. The van der Waals surface area contributed by atoms with Crippen LogP contribution in [0.15, 0.2) is 12.4 Å². The molecule has 4 rings (SSSR count). The minimum atomic E-state index is 0.0730. The number of carbonyl (C=O) groups excluding carboxylic acids is 1. The maximum atomic E-state index is 12.8. The second-order valence-electron chi connectivity index (χ2n) is 6.35. The number of hydrogen-bond donors (Lipinski definition) is 1. The van der Waals surface area contributed by atoms with Crippen LogP contribution in [0.1, 0.15) is 34.6 Å². The monoisotopic (exact) mass is 314 g/mol. The van der Waals surface area contributed by atoms with Gasteiger partial charge in [0.2, 0.25) is 5.95 Å². The molecule has 0 atom stereocenters. The van der Waals surface area contributed by atoms with Gasteiger partial charge in [-0.05, 0) is 25.7 Å². The van der Waals surface area contributed by atoms with Crippen molar-refractivity contribution in [1.29, 1.82) is 0 Å². The summed E-state index contributed by atoms with van der Waals surface area (Å²) in [6.45, 7) is 3.05. The summed E-state index contributed by atoms with van der Waals surface area (Å²) >= 11 is 0. The molecule has 0 radical (unpaired) electrons. The fraction of sp³-hybridized carbons (Fsp3) is 0.562. The van der Waals surface area contributed by atoms with Crippen molar-refractivity contribution in [1.82, 2.24) is 24.6 Å². The number of carbonyl (C=O) groups is 1. The van der Waals surface area contributed by atoms with Gasteiger partial charge in [0, 0.05) is 56.9 Å². The number of imidazole rings is 1. The van der Waals surface area contributed by atoms with E-state index < -0.39 is 0 Å².